The van der Waals surface area contributed by atoms with Gasteiger partial charge in [-0.1, -0.05) is 0 Å². The van der Waals surface area contributed by atoms with Gasteiger partial charge in [0.05, 0.1) is 24.1 Å². The molecule has 0 aliphatic carbocycles. The van der Waals surface area contributed by atoms with E-state index >= 15 is 0 Å². The molecule has 1 aliphatic heterocycles. The Morgan fingerprint density at radius 2 is 2.03 bits per heavy atom. The summed E-state index contributed by atoms with van der Waals surface area (Å²) in [6.45, 7) is 2.87. The molecule has 1 aromatic heterocycles. The molecule has 0 unspecified atom stereocenters. The SMILES string of the molecule is CN[C@H]1CCN(C(=O)c2nc(-c3ccc(C#N)c(F)c3)n(-c3ccc(OC)c(F)c3)c2C)C1. The molecular formula is C24H23F2N5O2. The average Bonchev–Trinajstić information content (AvgIpc) is 3.43. The van der Waals surface area contributed by atoms with Crippen LogP contribution in [0.5, 0.6) is 5.75 Å². The molecule has 0 radical (unpaired) electrons. The summed E-state index contributed by atoms with van der Waals surface area (Å²) in [5.74, 6) is -1.17. The zero-order valence-corrected chi connectivity index (χ0v) is 18.5. The summed E-state index contributed by atoms with van der Waals surface area (Å²) in [6, 6.07) is 10.5. The van der Waals surface area contributed by atoms with Crippen LogP contribution >= 0.6 is 0 Å². The maximum atomic E-state index is 14.5. The van der Waals surface area contributed by atoms with E-state index in [1.54, 1.807) is 34.6 Å². The van der Waals surface area contributed by atoms with Gasteiger partial charge in [-0.3, -0.25) is 9.36 Å². The van der Waals surface area contributed by atoms with E-state index in [1.165, 1.54) is 31.4 Å². The molecule has 4 rings (SSSR count). The summed E-state index contributed by atoms with van der Waals surface area (Å²) in [5, 5.41) is 12.2. The van der Waals surface area contributed by atoms with Crippen molar-refractivity contribution in [1.82, 2.24) is 19.8 Å². The van der Waals surface area contributed by atoms with Gasteiger partial charge >= 0.3 is 0 Å². The van der Waals surface area contributed by atoms with Gasteiger partial charge in [-0.25, -0.2) is 13.8 Å². The lowest BCUT2D eigenvalue weighted by molar-refractivity contribution is 0.0783. The predicted molar refractivity (Wildman–Crippen MR) is 118 cm³/mol. The van der Waals surface area contributed by atoms with E-state index in [0.717, 1.165) is 6.42 Å². The predicted octanol–water partition coefficient (Wildman–Crippen LogP) is 3.44. The van der Waals surface area contributed by atoms with Crippen molar-refractivity contribution in [2.75, 3.05) is 27.2 Å². The minimum absolute atomic E-state index is 0.0777. The molecule has 170 valence electrons. The molecule has 33 heavy (non-hydrogen) atoms. The number of hydrogen-bond acceptors (Lipinski definition) is 5. The minimum Gasteiger partial charge on any atom is -0.494 e. The first-order valence-electron chi connectivity index (χ1n) is 10.5. The first-order valence-corrected chi connectivity index (χ1v) is 10.5. The lowest BCUT2D eigenvalue weighted by Gasteiger charge is -2.16. The summed E-state index contributed by atoms with van der Waals surface area (Å²) in [6.07, 6.45) is 0.833. The molecule has 2 aromatic carbocycles. The fraction of sp³-hybridized carbons (Fsp3) is 0.292. The van der Waals surface area contributed by atoms with Crippen LogP contribution in [0.15, 0.2) is 36.4 Å². The van der Waals surface area contributed by atoms with E-state index in [4.69, 9.17) is 10.00 Å². The van der Waals surface area contributed by atoms with Crippen molar-refractivity contribution in [3.63, 3.8) is 0 Å². The first kappa shape index (κ1) is 22.4. The Balaban J connectivity index is 1.86. The quantitative estimate of drug-likeness (QED) is 0.643. The highest BCUT2D eigenvalue weighted by Gasteiger charge is 2.30. The molecule has 1 aliphatic rings. The van der Waals surface area contributed by atoms with Gasteiger partial charge in [0, 0.05) is 30.8 Å². The number of likely N-dealkylation sites (tertiary alicyclic amines) is 1. The van der Waals surface area contributed by atoms with Crippen molar-refractivity contribution in [3.8, 4) is 28.9 Å². The average molecular weight is 451 g/mol. The number of halogens is 2. The number of methoxy groups -OCH3 is 1. The standard InChI is InChI=1S/C24H23F2N5O2/c1-14-22(24(32)30-9-8-17(13-30)28-2)29-23(15-4-5-16(12-27)19(25)10-15)31(14)18-6-7-21(33-3)20(26)11-18/h4-7,10-11,17,28H,8-9,13H2,1-3H3/t17-/m0/s1. The molecule has 1 atom stereocenters. The van der Waals surface area contributed by atoms with E-state index in [2.05, 4.69) is 10.3 Å². The second-order valence-electron chi connectivity index (χ2n) is 7.86. The second-order valence-corrected chi connectivity index (χ2v) is 7.86. The van der Waals surface area contributed by atoms with Crippen molar-refractivity contribution >= 4 is 5.91 Å². The van der Waals surface area contributed by atoms with Gasteiger partial charge in [-0.05, 0) is 50.7 Å². The van der Waals surface area contributed by atoms with E-state index in [-0.39, 0.29) is 34.8 Å². The molecule has 9 heteroatoms. The number of carbonyl (C=O) groups is 1. The smallest absolute Gasteiger partial charge is 0.274 e. The molecule has 0 saturated carbocycles. The van der Waals surface area contributed by atoms with Gasteiger partial charge in [0.2, 0.25) is 0 Å². The van der Waals surface area contributed by atoms with Crippen LogP contribution in [0.4, 0.5) is 8.78 Å². The molecule has 0 spiro atoms. The van der Waals surface area contributed by atoms with Gasteiger partial charge in [0.15, 0.2) is 11.6 Å². The van der Waals surface area contributed by atoms with Crippen LogP contribution in [0.3, 0.4) is 0 Å². The largest absolute Gasteiger partial charge is 0.494 e. The van der Waals surface area contributed by atoms with E-state index in [0.29, 0.717) is 30.0 Å². The third-order valence-corrected chi connectivity index (χ3v) is 5.94. The van der Waals surface area contributed by atoms with Crippen molar-refractivity contribution in [3.05, 3.63) is 65.0 Å². The number of nitrogens with one attached hydrogen (secondary N) is 1. The van der Waals surface area contributed by atoms with Gasteiger partial charge in [-0.2, -0.15) is 5.26 Å². The lowest BCUT2D eigenvalue weighted by Crippen LogP contribution is -2.34. The highest BCUT2D eigenvalue weighted by molar-refractivity contribution is 5.94. The monoisotopic (exact) mass is 451 g/mol. The van der Waals surface area contributed by atoms with Gasteiger partial charge in [0.1, 0.15) is 23.4 Å². The van der Waals surface area contributed by atoms with Crippen molar-refractivity contribution in [2.45, 2.75) is 19.4 Å². The lowest BCUT2D eigenvalue weighted by atomic mass is 10.1. The number of nitrogens with zero attached hydrogens (tertiary/aromatic N) is 4. The molecule has 7 nitrogen and oxygen atoms in total. The zero-order valence-electron chi connectivity index (χ0n) is 18.5. The van der Waals surface area contributed by atoms with Crippen molar-refractivity contribution in [1.29, 1.82) is 5.26 Å². The summed E-state index contributed by atoms with van der Waals surface area (Å²) in [5.41, 5.74) is 1.38. The van der Waals surface area contributed by atoms with Crippen LogP contribution in [0.25, 0.3) is 17.1 Å². The number of imidazole rings is 1. The zero-order chi connectivity index (χ0) is 23.7. The fourth-order valence-corrected chi connectivity index (χ4v) is 4.08. The van der Waals surface area contributed by atoms with Gasteiger partial charge in [-0.15, -0.1) is 0 Å². The van der Waals surface area contributed by atoms with E-state index in [9.17, 15) is 13.6 Å². The van der Waals surface area contributed by atoms with E-state index < -0.39 is 11.6 Å². The molecular weight excluding hydrogens is 428 g/mol. The maximum Gasteiger partial charge on any atom is 0.274 e. The number of carbonyl (C=O) groups excluding carboxylic acids is 1. The highest BCUT2D eigenvalue weighted by Crippen LogP contribution is 2.30. The highest BCUT2D eigenvalue weighted by atomic mass is 19.1. The Bertz CT molecular complexity index is 1260. The van der Waals surface area contributed by atoms with Crippen LogP contribution in [0.1, 0.15) is 28.2 Å². The number of hydrogen-bond donors (Lipinski definition) is 1. The Hall–Kier alpha value is -3.77. The Labute approximate surface area is 190 Å². The minimum atomic E-state index is -0.701. The van der Waals surface area contributed by atoms with Gasteiger partial charge < -0.3 is 15.0 Å². The first-order chi connectivity index (χ1) is 15.9. The molecule has 2 heterocycles. The number of amides is 1. The maximum absolute atomic E-state index is 14.5. The number of nitriles is 1. The Kier molecular flexibility index (Phi) is 6.11. The fourth-order valence-electron chi connectivity index (χ4n) is 4.08. The number of benzene rings is 2. The number of ether oxygens (including phenoxy) is 1. The Morgan fingerprint density at radius 3 is 2.64 bits per heavy atom. The van der Waals surface area contributed by atoms with Crippen LogP contribution in [-0.4, -0.2) is 53.6 Å². The second kappa shape index (κ2) is 9.00. The van der Waals surface area contributed by atoms with Crippen molar-refractivity contribution in [2.24, 2.45) is 0 Å². The summed E-state index contributed by atoms with van der Waals surface area (Å²) < 4.78 is 35.5. The van der Waals surface area contributed by atoms with Crippen molar-refractivity contribution < 1.29 is 18.3 Å². The number of aromatic nitrogens is 2. The van der Waals surface area contributed by atoms with Crippen LogP contribution in [-0.2, 0) is 0 Å². The summed E-state index contributed by atoms with van der Waals surface area (Å²) in [4.78, 5) is 19.6. The topological polar surface area (TPSA) is 83.2 Å². The van der Waals surface area contributed by atoms with E-state index in [1.807, 2.05) is 7.05 Å². The Morgan fingerprint density at radius 1 is 1.24 bits per heavy atom. The summed E-state index contributed by atoms with van der Waals surface area (Å²) >= 11 is 0. The van der Waals surface area contributed by atoms with Gasteiger partial charge in [0.25, 0.3) is 5.91 Å². The number of likely N-dealkylation sites (N-methyl/N-ethyl adjacent to an activating group) is 1. The molecule has 1 fully saturated rings. The van der Waals surface area contributed by atoms with Crippen LogP contribution < -0.4 is 10.1 Å². The molecule has 3 aromatic rings. The third-order valence-electron chi connectivity index (χ3n) is 5.94. The molecule has 1 amide bonds. The molecule has 0 bridgehead atoms. The molecule has 1 saturated heterocycles. The van der Waals surface area contributed by atoms with Crippen LogP contribution in [0, 0.1) is 29.9 Å². The molecule has 1 N–H and O–H groups in total. The summed E-state index contributed by atoms with van der Waals surface area (Å²) in [7, 11) is 3.23. The normalized spacial score (nSPS) is 15.5. The third kappa shape index (κ3) is 4.05. The van der Waals surface area contributed by atoms with Crippen LogP contribution in [0.2, 0.25) is 0 Å². The number of rotatable bonds is 5.